The second-order valence-electron chi connectivity index (χ2n) is 5.99. The van der Waals surface area contributed by atoms with E-state index in [1.807, 2.05) is 19.1 Å². The minimum absolute atomic E-state index is 0.00411. The summed E-state index contributed by atoms with van der Waals surface area (Å²) in [6.45, 7) is 6.96. The van der Waals surface area contributed by atoms with Gasteiger partial charge in [0, 0.05) is 37.3 Å². The Hall–Kier alpha value is -2.75. The van der Waals surface area contributed by atoms with Crippen LogP contribution in [0, 0.1) is 6.92 Å². The predicted octanol–water partition coefficient (Wildman–Crippen LogP) is 2.96. The van der Waals surface area contributed by atoms with Crippen LogP contribution in [-0.4, -0.2) is 56.0 Å². The first kappa shape index (κ1) is 21.5. The van der Waals surface area contributed by atoms with E-state index >= 15 is 0 Å². The molecule has 0 aliphatic carbocycles. The number of esters is 1. The van der Waals surface area contributed by atoms with Crippen LogP contribution in [0.15, 0.2) is 22.6 Å². The Morgan fingerprint density at radius 1 is 1.29 bits per heavy atom. The molecule has 154 valence electrons. The first-order valence-electron chi connectivity index (χ1n) is 8.61. The fraction of sp³-hybridized carbons (Fsp3) is 0.444. The van der Waals surface area contributed by atoms with Crippen molar-refractivity contribution in [3.05, 3.63) is 29.5 Å². The summed E-state index contributed by atoms with van der Waals surface area (Å²) in [6.07, 6.45) is -4.85. The number of fused-ring (bicyclic) bond motifs is 1. The first-order chi connectivity index (χ1) is 13.1. The zero-order chi connectivity index (χ0) is 20.9. The van der Waals surface area contributed by atoms with E-state index < -0.39 is 18.1 Å². The van der Waals surface area contributed by atoms with Crippen LogP contribution in [0.5, 0.6) is 0 Å². The van der Waals surface area contributed by atoms with Crippen molar-refractivity contribution in [3.8, 4) is 0 Å². The van der Waals surface area contributed by atoms with E-state index in [9.17, 15) is 22.8 Å². The number of halogens is 3. The monoisotopic (exact) mass is 402 g/mol. The number of hydrogen-bond donors (Lipinski definition) is 2. The minimum atomic E-state index is -4.85. The third-order valence-electron chi connectivity index (χ3n) is 4.12. The van der Waals surface area contributed by atoms with Gasteiger partial charge in [0.1, 0.15) is 5.58 Å². The molecule has 2 N–H and O–H groups in total. The quantitative estimate of drug-likeness (QED) is 0.763. The number of carboxylic acid groups (broad SMARTS) is 1. The summed E-state index contributed by atoms with van der Waals surface area (Å²) in [7, 11) is 0. The number of benzene rings is 1. The number of ether oxygens (including phenoxy) is 1. The largest absolute Gasteiger partial charge is 0.490 e. The lowest BCUT2D eigenvalue weighted by molar-refractivity contribution is -0.199. The molecule has 1 fully saturated rings. The van der Waals surface area contributed by atoms with Crippen LogP contribution in [0.3, 0.4) is 0 Å². The lowest BCUT2D eigenvalue weighted by Crippen LogP contribution is -2.43. The number of rotatable bonds is 3. The molecule has 2 aromatic rings. The molecule has 1 aromatic heterocycles. The summed E-state index contributed by atoms with van der Waals surface area (Å²) in [6, 6.07) is 5.48. The Kier molecular flexibility index (Phi) is 6.90. The number of carbonyl (C=O) groups is 2. The van der Waals surface area contributed by atoms with E-state index in [0.29, 0.717) is 5.58 Å². The summed E-state index contributed by atoms with van der Waals surface area (Å²) in [5.41, 5.74) is 2.87. The van der Waals surface area contributed by atoms with Crippen molar-refractivity contribution in [2.24, 2.45) is 0 Å². The summed E-state index contributed by atoms with van der Waals surface area (Å²) >= 11 is 0. The Bertz CT molecular complexity index is 842. The molecule has 28 heavy (non-hydrogen) atoms. The van der Waals surface area contributed by atoms with Crippen molar-refractivity contribution >= 4 is 28.6 Å². The number of nitrogens with zero attached hydrogens (tertiary/aromatic N) is 1. The van der Waals surface area contributed by atoms with Crippen molar-refractivity contribution in [3.63, 3.8) is 0 Å². The van der Waals surface area contributed by atoms with Gasteiger partial charge >= 0.3 is 18.1 Å². The van der Waals surface area contributed by atoms with Crippen molar-refractivity contribution < 1.29 is 37.0 Å². The van der Waals surface area contributed by atoms with Gasteiger partial charge in [-0.05, 0) is 37.6 Å². The highest BCUT2D eigenvalue weighted by molar-refractivity contribution is 5.94. The van der Waals surface area contributed by atoms with Gasteiger partial charge < -0.3 is 24.5 Å². The van der Waals surface area contributed by atoms with Gasteiger partial charge in [-0.1, -0.05) is 0 Å². The Morgan fingerprint density at radius 2 is 1.93 bits per heavy atom. The number of nitrogens with one attached hydrogen (secondary N) is 1. The van der Waals surface area contributed by atoms with Gasteiger partial charge in [-0.3, -0.25) is 0 Å². The van der Waals surface area contributed by atoms with Crippen molar-refractivity contribution in [1.82, 2.24) is 5.32 Å². The average Bonchev–Trinajstić information content (AvgIpc) is 3.08. The second-order valence-corrected chi connectivity index (χ2v) is 5.99. The molecule has 0 bridgehead atoms. The van der Waals surface area contributed by atoms with E-state index in [1.54, 1.807) is 6.07 Å². The Balaban J connectivity index is 0.000000266. The molecule has 0 unspecified atom stereocenters. The molecule has 0 atom stereocenters. The average molecular weight is 402 g/mol. The Labute approximate surface area is 159 Å². The zero-order valence-corrected chi connectivity index (χ0v) is 15.4. The molecule has 1 aliphatic heterocycles. The van der Waals surface area contributed by atoms with Crippen LogP contribution in [0.2, 0.25) is 0 Å². The lowest BCUT2D eigenvalue weighted by atomic mass is 10.1. The number of hydrogen-bond acceptors (Lipinski definition) is 6. The van der Waals surface area contributed by atoms with E-state index in [-0.39, 0.29) is 12.4 Å². The highest BCUT2D eigenvalue weighted by atomic mass is 19.4. The maximum atomic E-state index is 11.2. The normalized spacial score (nSPS) is 14.4. The van der Waals surface area contributed by atoms with Crippen LogP contribution >= 0.6 is 0 Å². The maximum Gasteiger partial charge on any atom is 0.490 e. The standard InChI is InChI=1S/C14H16N2O3.C4H5F3O2/c1-9-10-8-13(14(17)18)19-12(10)3-2-11(9)16-6-4-15-5-7-16;1-2-9-3(8)4(5,6)7/h2-3,8,15H,4-7H2,1H3,(H,17,18);2H2,1H3. The zero-order valence-electron chi connectivity index (χ0n) is 15.4. The van der Waals surface area contributed by atoms with Crippen molar-refractivity contribution in [1.29, 1.82) is 0 Å². The van der Waals surface area contributed by atoms with E-state index in [2.05, 4.69) is 15.0 Å². The number of piperazine rings is 1. The van der Waals surface area contributed by atoms with E-state index in [4.69, 9.17) is 9.52 Å². The summed E-state index contributed by atoms with van der Waals surface area (Å²) in [4.78, 5) is 23.0. The van der Waals surface area contributed by atoms with Gasteiger partial charge in [-0.25, -0.2) is 9.59 Å². The molecule has 10 heteroatoms. The van der Waals surface area contributed by atoms with Crippen LogP contribution in [0.25, 0.3) is 11.0 Å². The molecular weight excluding hydrogens is 381 g/mol. The molecule has 3 rings (SSSR count). The predicted molar refractivity (Wildman–Crippen MR) is 95.7 cm³/mol. The van der Waals surface area contributed by atoms with Crippen LogP contribution in [0.1, 0.15) is 23.0 Å². The van der Waals surface area contributed by atoms with Crippen LogP contribution in [-0.2, 0) is 9.53 Å². The SMILES string of the molecule is CCOC(=O)C(F)(F)F.Cc1c(N2CCNCC2)ccc2oc(C(=O)O)cc12. The van der Waals surface area contributed by atoms with E-state index in [1.165, 1.54) is 6.92 Å². The number of furan rings is 1. The fourth-order valence-electron chi connectivity index (χ4n) is 2.81. The fourth-order valence-corrected chi connectivity index (χ4v) is 2.81. The Morgan fingerprint density at radius 3 is 2.43 bits per heavy atom. The lowest BCUT2D eigenvalue weighted by Gasteiger charge is -2.30. The number of carbonyl (C=O) groups excluding carboxylic acids is 1. The number of carboxylic acids is 1. The third-order valence-corrected chi connectivity index (χ3v) is 4.12. The number of anilines is 1. The highest BCUT2D eigenvalue weighted by Crippen LogP contribution is 2.30. The van der Waals surface area contributed by atoms with Gasteiger partial charge in [-0.15, -0.1) is 0 Å². The van der Waals surface area contributed by atoms with Gasteiger partial charge in [0.05, 0.1) is 6.61 Å². The van der Waals surface area contributed by atoms with Gasteiger partial charge in [-0.2, -0.15) is 13.2 Å². The molecular formula is C18H21F3N2O5. The van der Waals surface area contributed by atoms with Crippen LogP contribution < -0.4 is 10.2 Å². The first-order valence-corrected chi connectivity index (χ1v) is 8.61. The smallest absolute Gasteiger partial charge is 0.475 e. The topological polar surface area (TPSA) is 92.0 Å². The maximum absolute atomic E-state index is 11.2. The molecule has 1 aliphatic rings. The third kappa shape index (κ3) is 5.16. The number of aryl methyl sites for hydroxylation is 1. The molecule has 1 saturated heterocycles. The molecule has 7 nitrogen and oxygen atoms in total. The molecule has 0 radical (unpaired) electrons. The van der Waals surface area contributed by atoms with Crippen molar-refractivity contribution in [2.45, 2.75) is 20.0 Å². The molecule has 0 spiro atoms. The minimum Gasteiger partial charge on any atom is -0.475 e. The summed E-state index contributed by atoms with van der Waals surface area (Å²) < 4.78 is 42.4. The summed E-state index contributed by atoms with van der Waals surface area (Å²) in [5.74, 6) is -3.17. The van der Waals surface area contributed by atoms with Gasteiger partial charge in [0.15, 0.2) is 0 Å². The molecule has 1 aromatic carbocycles. The molecule has 0 amide bonds. The number of alkyl halides is 3. The van der Waals surface area contributed by atoms with Crippen LogP contribution in [0.4, 0.5) is 18.9 Å². The second kappa shape index (κ2) is 8.96. The van der Waals surface area contributed by atoms with Gasteiger partial charge in [0.2, 0.25) is 5.76 Å². The van der Waals surface area contributed by atoms with Crippen molar-refractivity contribution in [2.75, 3.05) is 37.7 Å². The molecule has 0 saturated carbocycles. The number of aromatic carboxylic acids is 1. The molecule has 2 heterocycles. The highest BCUT2D eigenvalue weighted by Gasteiger charge is 2.40. The summed E-state index contributed by atoms with van der Waals surface area (Å²) in [5, 5.41) is 13.2. The van der Waals surface area contributed by atoms with E-state index in [0.717, 1.165) is 42.8 Å². The van der Waals surface area contributed by atoms with Gasteiger partial charge in [0.25, 0.3) is 0 Å².